The first-order chi connectivity index (χ1) is 11.0. The number of nitrogens with zero attached hydrogens (tertiary/aromatic N) is 2. The molecule has 24 heavy (non-hydrogen) atoms. The summed E-state index contributed by atoms with van der Waals surface area (Å²) in [5.41, 5.74) is -2.24. The van der Waals surface area contributed by atoms with Crippen molar-refractivity contribution in [3.63, 3.8) is 0 Å². The van der Waals surface area contributed by atoms with E-state index < -0.39 is 18.2 Å². The minimum Gasteiger partial charge on any atom is -0.496 e. The lowest BCUT2D eigenvalue weighted by Crippen LogP contribution is -2.42. The standard InChI is InChI=1S/C17H25F3N2O2/c1-7-16(23,17(18,19)20)13-8-12(4)14(9-15(13)24-6)21-10-22(5)11(2)3/h8-11,23H,7H2,1-6H3/b21-10+. The van der Waals surface area contributed by atoms with Crippen LogP contribution in [0.2, 0.25) is 0 Å². The van der Waals surface area contributed by atoms with Gasteiger partial charge >= 0.3 is 6.18 Å². The summed E-state index contributed by atoms with van der Waals surface area (Å²) >= 11 is 0. The third kappa shape index (κ3) is 4.01. The van der Waals surface area contributed by atoms with E-state index in [-0.39, 0.29) is 17.4 Å². The van der Waals surface area contributed by atoms with Crippen molar-refractivity contribution in [3.05, 3.63) is 23.3 Å². The predicted molar refractivity (Wildman–Crippen MR) is 89.0 cm³/mol. The highest BCUT2D eigenvalue weighted by Gasteiger charge is 2.55. The van der Waals surface area contributed by atoms with Crippen LogP contribution in [0.25, 0.3) is 0 Å². The lowest BCUT2D eigenvalue weighted by Gasteiger charge is -2.31. The van der Waals surface area contributed by atoms with Crippen molar-refractivity contribution in [1.82, 2.24) is 4.90 Å². The Morgan fingerprint density at radius 2 is 1.92 bits per heavy atom. The van der Waals surface area contributed by atoms with E-state index in [9.17, 15) is 18.3 Å². The third-order valence-electron chi connectivity index (χ3n) is 4.14. The molecular weight excluding hydrogens is 321 g/mol. The van der Waals surface area contributed by atoms with Crippen LogP contribution < -0.4 is 4.74 Å². The zero-order valence-electron chi connectivity index (χ0n) is 14.9. The molecule has 136 valence electrons. The quantitative estimate of drug-likeness (QED) is 0.621. The second kappa shape index (κ2) is 7.42. The first-order valence-corrected chi connectivity index (χ1v) is 7.72. The molecule has 7 heteroatoms. The first kappa shape index (κ1) is 20.3. The van der Waals surface area contributed by atoms with E-state index in [4.69, 9.17) is 4.74 Å². The van der Waals surface area contributed by atoms with Gasteiger partial charge in [-0.05, 0) is 38.8 Å². The first-order valence-electron chi connectivity index (χ1n) is 7.72. The maximum absolute atomic E-state index is 13.3. The zero-order chi connectivity index (χ0) is 18.7. The number of hydrogen-bond donors (Lipinski definition) is 1. The van der Waals surface area contributed by atoms with Gasteiger partial charge in [-0.3, -0.25) is 0 Å². The van der Waals surface area contributed by atoms with Gasteiger partial charge in [-0.2, -0.15) is 13.2 Å². The SMILES string of the molecule is CCC(O)(c1cc(C)c(/N=C/N(C)C(C)C)cc1OC)C(F)(F)F. The number of methoxy groups -OCH3 is 1. The monoisotopic (exact) mass is 346 g/mol. The summed E-state index contributed by atoms with van der Waals surface area (Å²) in [5, 5.41) is 10.2. The molecule has 1 aromatic carbocycles. The van der Waals surface area contributed by atoms with Crippen LogP contribution in [0.3, 0.4) is 0 Å². The molecule has 0 radical (unpaired) electrons. The molecule has 0 fully saturated rings. The molecule has 4 nitrogen and oxygen atoms in total. The Hall–Kier alpha value is -1.76. The van der Waals surface area contributed by atoms with Crippen LogP contribution in [0.15, 0.2) is 17.1 Å². The largest absolute Gasteiger partial charge is 0.496 e. The van der Waals surface area contributed by atoms with Crippen LogP contribution in [0.5, 0.6) is 5.75 Å². The fraction of sp³-hybridized carbons (Fsp3) is 0.588. The van der Waals surface area contributed by atoms with Crippen LogP contribution in [-0.2, 0) is 5.60 Å². The smallest absolute Gasteiger partial charge is 0.421 e. The van der Waals surface area contributed by atoms with Crippen molar-refractivity contribution >= 4 is 12.0 Å². The van der Waals surface area contributed by atoms with Crippen LogP contribution in [0, 0.1) is 6.92 Å². The van der Waals surface area contributed by atoms with E-state index in [2.05, 4.69) is 4.99 Å². The molecule has 0 aromatic heterocycles. The maximum Gasteiger partial charge on any atom is 0.421 e. The lowest BCUT2D eigenvalue weighted by molar-refractivity contribution is -0.268. The molecule has 0 spiro atoms. The molecule has 0 aliphatic carbocycles. The number of hydrogen-bond acceptors (Lipinski definition) is 3. The number of rotatable bonds is 6. The summed E-state index contributed by atoms with van der Waals surface area (Å²) in [7, 11) is 3.13. The number of alkyl halides is 3. The number of aliphatic hydroxyl groups is 1. The molecule has 1 N–H and O–H groups in total. The van der Waals surface area contributed by atoms with E-state index in [0.29, 0.717) is 11.3 Å². The van der Waals surface area contributed by atoms with Crippen molar-refractivity contribution in [2.24, 2.45) is 4.99 Å². The van der Waals surface area contributed by atoms with Gasteiger partial charge in [-0.25, -0.2) is 4.99 Å². The normalized spacial score (nSPS) is 15.0. The fourth-order valence-electron chi connectivity index (χ4n) is 2.14. The number of halogens is 3. The topological polar surface area (TPSA) is 45.1 Å². The second-order valence-corrected chi connectivity index (χ2v) is 6.05. The van der Waals surface area contributed by atoms with Gasteiger partial charge < -0.3 is 14.7 Å². The number of ether oxygens (including phenoxy) is 1. The van der Waals surface area contributed by atoms with E-state index in [1.807, 2.05) is 25.8 Å². The summed E-state index contributed by atoms with van der Waals surface area (Å²) in [4.78, 5) is 6.18. The van der Waals surface area contributed by atoms with Crippen molar-refractivity contribution in [2.45, 2.75) is 51.9 Å². The Bertz CT molecular complexity index is 600. The Kier molecular flexibility index (Phi) is 6.27. The van der Waals surface area contributed by atoms with Gasteiger partial charge in [-0.1, -0.05) is 6.92 Å². The molecular formula is C17H25F3N2O2. The minimum atomic E-state index is -4.80. The molecule has 0 bridgehead atoms. The summed E-state index contributed by atoms with van der Waals surface area (Å²) in [6, 6.07) is 2.95. The van der Waals surface area contributed by atoms with Gasteiger partial charge in [-0.15, -0.1) is 0 Å². The molecule has 0 heterocycles. The molecule has 0 aliphatic rings. The molecule has 1 rings (SSSR count). The lowest BCUT2D eigenvalue weighted by atomic mass is 9.88. The second-order valence-electron chi connectivity index (χ2n) is 6.05. The molecule has 1 unspecified atom stereocenters. The van der Waals surface area contributed by atoms with E-state index in [1.54, 1.807) is 13.3 Å². The highest BCUT2D eigenvalue weighted by atomic mass is 19.4. The van der Waals surface area contributed by atoms with Crippen LogP contribution in [0.1, 0.15) is 38.3 Å². The number of aryl methyl sites for hydroxylation is 1. The van der Waals surface area contributed by atoms with Crippen molar-refractivity contribution < 1.29 is 23.0 Å². The molecule has 1 aromatic rings. The van der Waals surface area contributed by atoms with Crippen LogP contribution in [0.4, 0.5) is 18.9 Å². The van der Waals surface area contributed by atoms with Crippen LogP contribution in [-0.4, -0.2) is 42.7 Å². The Balaban J connectivity index is 3.41. The Labute approximate surface area is 141 Å². The van der Waals surface area contributed by atoms with Gasteiger partial charge in [0.1, 0.15) is 5.75 Å². The van der Waals surface area contributed by atoms with E-state index >= 15 is 0 Å². The van der Waals surface area contributed by atoms with Gasteiger partial charge in [0.25, 0.3) is 0 Å². The molecule has 0 saturated heterocycles. The average molecular weight is 346 g/mol. The summed E-state index contributed by atoms with van der Waals surface area (Å²) < 4.78 is 45.1. The number of benzene rings is 1. The van der Waals surface area contributed by atoms with Crippen molar-refractivity contribution in [3.8, 4) is 5.75 Å². The maximum atomic E-state index is 13.3. The van der Waals surface area contributed by atoms with E-state index in [0.717, 1.165) is 0 Å². The molecule has 0 saturated carbocycles. The average Bonchev–Trinajstić information content (AvgIpc) is 2.50. The van der Waals surface area contributed by atoms with E-state index in [1.165, 1.54) is 26.2 Å². The Morgan fingerprint density at radius 1 is 1.33 bits per heavy atom. The molecule has 0 amide bonds. The summed E-state index contributed by atoms with van der Waals surface area (Å²) in [5.74, 6) is -0.0402. The minimum absolute atomic E-state index is 0.0402. The van der Waals surface area contributed by atoms with Gasteiger partial charge in [0.2, 0.25) is 0 Å². The summed E-state index contributed by atoms with van der Waals surface area (Å²) in [6.07, 6.45) is -3.70. The van der Waals surface area contributed by atoms with Crippen molar-refractivity contribution in [1.29, 1.82) is 0 Å². The Morgan fingerprint density at radius 3 is 2.33 bits per heavy atom. The van der Waals surface area contributed by atoms with Crippen molar-refractivity contribution in [2.75, 3.05) is 14.2 Å². The highest BCUT2D eigenvalue weighted by Crippen LogP contribution is 2.46. The zero-order valence-corrected chi connectivity index (χ0v) is 14.9. The summed E-state index contributed by atoms with van der Waals surface area (Å²) in [6.45, 7) is 6.92. The van der Waals surface area contributed by atoms with Gasteiger partial charge in [0.05, 0.1) is 19.1 Å². The molecule has 1 atom stereocenters. The fourth-order valence-corrected chi connectivity index (χ4v) is 2.14. The van der Waals surface area contributed by atoms with Crippen LogP contribution >= 0.6 is 0 Å². The molecule has 0 aliphatic heterocycles. The highest BCUT2D eigenvalue weighted by molar-refractivity contribution is 5.65. The number of aliphatic imine (C=N–C) groups is 1. The predicted octanol–water partition coefficient (Wildman–Crippen LogP) is 4.16. The van der Waals surface area contributed by atoms with Gasteiger partial charge in [0, 0.05) is 24.7 Å². The van der Waals surface area contributed by atoms with Gasteiger partial charge in [0.15, 0.2) is 5.60 Å². The third-order valence-corrected chi connectivity index (χ3v) is 4.14.